The molecule has 5 nitrogen and oxygen atoms in total. The van der Waals surface area contributed by atoms with Gasteiger partial charge in [0.2, 0.25) is 0 Å². The molecule has 1 rings (SSSR count). The third-order valence-electron chi connectivity index (χ3n) is 3.66. The van der Waals surface area contributed by atoms with Gasteiger partial charge in [0.05, 0.1) is 6.04 Å². The molecule has 0 aliphatic heterocycles. The summed E-state index contributed by atoms with van der Waals surface area (Å²) in [5.74, 6) is 0.471. The van der Waals surface area contributed by atoms with Gasteiger partial charge in [0.1, 0.15) is 4.75 Å². The van der Waals surface area contributed by atoms with Crippen LogP contribution in [0.3, 0.4) is 0 Å². The van der Waals surface area contributed by atoms with E-state index in [1.165, 1.54) is 0 Å². The molecule has 1 aliphatic rings. The summed E-state index contributed by atoms with van der Waals surface area (Å²) in [6.45, 7) is 7.93. The van der Waals surface area contributed by atoms with E-state index in [-0.39, 0.29) is 16.8 Å². The van der Waals surface area contributed by atoms with Crippen LogP contribution in [0, 0.1) is 5.92 Å². The fourth-order valence-corrected chi connectivity index (χ4v) is 3.26. The van der Waals surface area contributed by atoms with E-state index in [1.54, 1.807) is 0 Å². The summed E-state index contributed by atoms with van der Waals surface area (Å²) < 4.78 is 15.0. The maximum absolute atomic E-state index is 12.0. The average molecular weight is 290 g/mol. The number of carbonyl (C=O) groups is 1. The Balaban J connectivity index is 2.36. The topological polar surface area (TPSA) is 84.4 Å². The standard InChI is InChI=1S/C13H26N2O3S/c1-9(15-19(18)13(2,3)4)10-5-7-11(8-6-10)14-12(16)17/h9-11,14-15H,5-8H2,1-4H3,(H,16,17)/t9-,10?,11?,19-/m1/s1. The second-order valence-electron chi connectivity index (χ2n) is 6.35. The molecule has 1 amide bonds. The molecule has 0 aromatic carbocycles. The van der Waals surface area contributed by atoms with Crippen LogP contribution in [0.4, 0.5) is 4.79 Å². The van der Waals surface area contributed by atoms with Crippen molar-refractivity contribution in [3.63, 3.8) is 0 Å². The number of carboxylic acid groups (broad SMARTS) is 1. The molecule has 112 valence electrons. The summed E-state index contributed by atoms with van der Waals surface area (Å²) in [6.07, 6.45) is 2.74. The van der Waals surface area contributed by atoms with E-state index < -0.39 is 17.5 Å². The minimum absolute atomic E-state index is 0.0778. The van der Waals surface area contributed by atoms with Gasteiger partial charge < -0.3 is 15.0 Å². The van der Waals surface area contributed by atoms with Crippen LogP contribution in [-0.4, -0.2) is 32.6 Å². The number of hydrogen-bond donors (Lipinski definition) is 3. The summed E-state index contributed by atoms with van der Waals surface area (Å²) in [5, 5.41) is 11.2. The fourth-order valence-electron chi connectivity index (χ4n) is 2.38. The third-order valence-corrected chi connectivity index (χ3v) is 5.35. The SMILES string of the molecule is C[C@@H](N[S@+]([O-])C(C)(C)C)C1CCC(NC(=O)O)CC1. The highest BCUT2D eigenvalue weighted by molar-refractivity contribution is 7.90. The first-order chi connectivity index (χ1) is 8.70. The normalized spacial score (nSPS) is 27.6. The number of amides is 1. The summed E-state index contributed by atoms with van der Waals surface area (Å²) in [5.41, 5.74) is 0. The predicted molar refractivity (Wildman–Crippen MR) is 77.4 cm³/mol. The molecule has 0 bridgehead atoms. The van der Waals surface area contributed by atoms with Gasteiger partial charge in [0.25, 0.3) is 0 Å². The lowest BCUT2D eigenvalue weighted by molar-refractivity contribution is 0.180. The zero-order chi connectivity index (χ0) is 14.6. The second-order valence-corrected chi connectivity index (χ2v) is 8.35. The van der Waals surface area contributed by atoms with Gasteiger partial charge in [-0.25, -0.2) is 4.79 Å². The largest absolute Gasteiger partial charge is 0.598 e. The minimum Gasteiger partial charge on any atom is -0.598 e. The maximum atomic E-state index is 12.0. The third kappa shape index (κ3) is 5.58. The van der Waals surface area contributed by atoms with E-state index in [4.69, 9.17) is 5.11 Å². The first-order valence-electron chi connectivity index (χ1n) is 6.87. The molecule has 0 unspecified atom stereocenters. The highest BCUT2D eigenvalue weighted by atomic mass is 32.2. The molecule has 0 aromatic heterocycles. The summed E-state index contributed by atoms with van der Waals surface area (Å²) in [6, 6.07) is 0.278. The van der Waals surface area contributed by atoms with Crippen molar-refractivity contribution >= 4 is 17.5 Å². The summed E-state index contributed by atoms with van der Waals surface area (Å²) in [4.78, 5) is 10.6. The Morgan fingerprint density at radius 2 is 1.84 bits per heavy atom. The molecule has 0 radical (unpaired) electrons. The van der Waals surface area contributed by atoms with Crippen molar-refractivity contribution in [3.8, 4) is 0 Å². The van der Waals surface area contributed by atoms with Crippen molar-refractivity contribution < 1.29 is 14.5 Å². The van der Waals surface area contributed by atoms with Crippen LogP contribution >= 0.6 is 0 Å². The number of hydrogen-bond acceptors (Lipinski definition) is 3. The smallest absolute Gasteiger partial charge is 0.404 e. The fraction of sp³-hybridized carbons (Fsp3) is 0.923. The summed E-state index contributed by atoms with van der Waals surface area (Å²) in [7, 11) is 0. The van der Waals surface area contributed by atoms with Crippen molar-refractivity contribution in [2.24, 2.45) is 5.92 Å². The van der Waals surface area contributed by atoms with Gasteiger partial charge in [-0.1, -0.05) is 0 Å². The van der Waals surface area contributed by atoms with E-state index >= 15 is 0 Å². The molecule has 0 aromatic rings. The average Bonchev–Trinajstić information content (AvgIpc) is 2.27. The Hall–Kier alpha value is -0.460. The molecule has 1 fully saturated rings. The zero-order valence-electron chi connectivity index (χ0n) is 12.2. The molecule has 0 spiro atoms. The van der Waals surface area contributed by atoms with Crippen LogP contribution in [0.5, 0.6) is 0 Å². The molecule has 2 atom stereocenters. The predicted octanol–water partition coefficient (Wildman–Crippen LogP) is 2.25. The lowest BCUT2D eigenvalue weighted by atomic mass is 9.82. The van der Waals surface area contributed by atoms with Crippen LogP contribution in [0.25, 0.3) is 0 Å². The number of nitrogens with one attached hydrogen (secondary N) is 2. The Kier molecular flexibility index (Phi) is 5.95. The van der Waals surface area contributed by atoms with Crippen LogP contribution in [0.1, 0.15) is 53.4 Å². The molecule has 0 saturated heterocycles. The van der Waals surface area contributed by atoms with Crippen molar-refractivity contribution in [1.29, 1.82) is 0 Å². The Labute approximate surface area is 118 Å². The zero-order valence-corrected chi connectivity index (χ0v) is 13.0. The van der Waals surface area contributed by atoms with Gasteiger partial charge in [-0.05, 0) is 59.3 Å². The monoisotopic (exact) mass is 290 g/mol. The highest BCUT2D eigenvalue weighted by Crippen LogP contribution is 2.28. The molecule has 19 heavy (non-hydrogen) atoms. The second kappa shape index (κ2) is 6.81. The van der Waals surface area contributed by atoms with Crippen molar-refractivity contribution in [2.75, 3.05) is 0 Å². The molecule has 1 saturated carbocycles. The van der Waals surface area contributed by atoms with Gasteiger partial charge in [0, 0.05) is 17.4 Å². The van der Waals surface area contributed by atoms with Crippen molar-refractivity contribution in [1.82, 2.24) is 10.0 Å². The van der Waals surface area contributed by atoms with Crippen molar-refractivity contribution in [2.45, 2.75) is 70.2 Å². The van der Waals surface area contributed by atoms with Crippen LogP contribution in [0.15, 0.2) is 0 Å². The lowest BCUT2D eigenvalue weighted by Gasteiger charge is -2.34. The highest BCUT2D eigenvalue weighted by Gasteiger charge is 2.32. The van der Waals surface area contributed by atoms with E-state index in [1.807, 2.05) is 20.8 Å². The Morgan fingerprint density at radius 3 is 2.26 bits per heavy atom. The van der Waals surface area contributed by atoms with Crippen LogP contribution in [0.2, 0.25) is 0 Å². The van der Waals surface area contributed by atoms with E-state index in [9.17, 15) is 9.35 Å². The first kappa shape index (κ1) is 16.6. The van der Waals surface area contributed by atoms with Crippen LogP contribution in [-0.2, 0) is 11.4 Å². The minimum atomic E-state index is -1.05. The molecule has 1 aliphatic carbocycles. The van der Waals surface area contributed by atoms with E-state index in [0.29, 0.717) is 5.92 Å². The molecule has 6 heteroatoms. The summed E-state index contributed by atoms with van der Waals surface area (Å²) >= 11 is -1.05. The molecular weight excluding hydrogens is 264 g/mol. The first-order valence-corrected chi connectivity index (χ1v) is 8.02. The van der Waals surface area contributed by atoms with E-state index in [2.05, 4.69) is 17.0 Å². The van der Waals surface area contributed by atoms with Gasteiger partial charge in [-0.3, -0.25) is 0 Å². The van der Waals surface area contributed by atoms with Gasteiger partial charge in [-0.15, -0.1) is 4.72 Å². The van der Waals surface area contributed by atoms with E-state index in [0.717, 1.165) is 25.7 Å². The molecular formula is C13H26N2O3S. The van der Waals surface area contributed by atoms with Crippen molar-refractivity contribution in [3.05, 3.63) is 0 Å². The van der Waals surface area contributed by atoms with Gasteiger partial charge in [-0.2, -0.15) is 0 Å². The quantitative estimate of drug-likeness (QED) is 0.693. The Bertz CT molecular complexity index is 299. The van der Waals surface area contributed by atoms with Gasteiger partial charge >= 0.3 is 6.09 Å². The van der Waals surface area contributed by atoms with Gasteiger partial charge in [0.15, 0.2) is 0 Å². The molecule has 0 heterocycles. The molecule has 3 N–H and O–H groups in total. The number of rotatable bonds is 4. The Morgan fingerprint density at radius 1 is 1.32 bits per heavy atom. The maximum Gasteiger partial charge on any atom is 0.404 e. The lowest BCUT2D eigenvalue weighted by Crippen LogP contribution is -2.47. The van der Waals surface area contributed by atoms with Crippen LogP contribution < -0.4 is 10.0 Å².